The fourth-order valence-electron chi connectivity index (χ4n) is 3.41. The zero-order chi connectivity index (χ0) is 21.3. The molecule has 30 heavy (non-hydrogen) atoms. The third kappa shape index (κ3) is 3.55. The summed E-state index contributed by atoms with van der Waals surface area (Å²) >= 11 is 6.15. The van der Waals surface area contributed by atoms with Crippen molar-refractivity contribution in [1.29, 1.82) is 0 Å². The van der Waals surface area contributed by atoms with E-state index in [9.17, 15) is 9.59 Å². The van der Waals surface area contributed by atoms with E-state index in [1.54, 1.807) is 37.4 Å². The first-order chi connectivity index (χ1) is 14.5. The fourth-order valence-corrected chi connectivity index (χ4v) is 3.57. The predicted molar refractivity (Wildman–Crippen MR) is 119 cm³/mol. The fraction of sp³-hybridized carbons (Fsp3) is 0.0833. The summed E-state index contributed by atoms with van der Waals surface area (Å²) in [6.45, 7) is 1.84. The third-order valence-corrected chi connectivity index (χ3v) is 5.13. The lowest BCUT2D eigenvalue weighted by Crippen LogP contribution is -2.33. The molecule has 1 N–H and O–H groups in total. The van der Waals surface area contributed by atoms with E-state index < -0.39 is 11.8 Å². The number of nitrogens with zero attached hydrogens (tertiary/aromatic N) is 1. The Morgan fingerprint density at radius 2 is 1.67 bits per heavy atom. The summed E-state index contributed by atoms with van der Waals surface area (Å²) in [6, 6.07) is 21.5. The normalized spacial score (nSPS) is 13.8. The second-order valence-corrected chi connectivity index (χ2v) is 7.29. The van der Waals surface area contributed by atoms with Crippen molar-refractivity contribution in [2.45, 2.75) is 6.92 Å². The van der Waals surface area contributed by atoms with Crippen LogP contribution in [0.15, 0.2) is 78.5 Å². The Morgan fingerprint density at radius 1 is 0.900 bits per heavy atom. The molecule has 1 aliphatic heterocycles. The number of benzene rings is 3. The average Bonchev–Trinajstić information content (AvgIpc) is 3.00. The second kappa shape index (κ2) is 8.05. The first-order valence-electron chi connectivity index (χ1n) is 9.35. The molecular formula is C24H19ClN2O3. The Kier molecular flexibility index (Phi) is 5.29. The first-order valence-corrected chi connectivity index (χ1v) is 9.73. The summed E-state index contributed by atoms with van der Waals surface area (Å²) < 4.78 is 5.27. The summed E-state index contributed by atoms with van der Waals surface area (Å²) in [4.78, 5) is 28.0. The summed E-state index contributed by atoms with van der Waals surface area (Å²) in [7, 11) is 1.57. The van der Waals surface area contributed by atoms with Crippen molar-refractivity contribution in [1.82, 2.24) is 0 Å². The molecule has 0 aliphatic carbocycles. The Bertz CT molecular complexity index is 1170. The number of anilines is 2. The molecule has 150 valence electrons. The third-order valence-electron chi connectivity index (χ3n) is 4.90. The molecule has 2 amide bonds. The monoisotopic (exact) mass is 418 g/mol. The van der Waals surface area contributed by atoms with Crippen molar-refractivity contribution in [3.8, 4) is 5.75 Å². The number of nitrogens with one attached hydrogen (secondary N) is 1. The number of carbonyl (C=O) groups excluding carboxylic acids is 2. The largest absolute Gasteiger partial charge is 0.497 e. The van der Waals surface area contributed by atoms with Crippen LogP contribution in [0.2, 0.25) is 5.02 Å². The van der Waals surface area contributed by atoms with Crippen molar-refractivity contribution in [2.75, 3.05) is 17.3 Å². The van der Waals surface area contributed by atoms with Crippen LogP contribution < -0.4 is 15.0 Å². The molecule has 0 unspecified atom stereocenters. The van der Waals surface area contributed by atoms with E-state index in [-0.39, 0.29) is 5.70 Å². The minimum absolute atomic E-state index is 0.207. The van der Waals surface area contributed by atoms with E-state index >= 15 is 0 Å². The predicted octanol–water partition coefficient (Wildman–Crippen LogP) is 5.05. The Labute approximate surface area is 179 Å². The van der Waals surface area contributed by atoms with Gasteiger partial charge < -0.3 is 10.1 Å². The molecule has 3 aromatic rings. The smallest absolute Gasteiger partial charge is 0.282 e. The molecule has 6 heteroatoms. The van der Waals surface area contributed by atoms with Crippen LogP contribution in [0.3, 0.4) is 0 Å². The minimum atomic E-state index is -0.438. The van der Waals surface area contributed by atoms with E-state index in [0.29, 0.717) is 33.3 Å². The van der Waals surface area contributed by atoms with Gasteiger partial charge in [-0.25, -0.2) is 4.90 Å². The molecule has 1 heterocycles. The maximum atomic E-state index is 13.4. The minimum Gasteiger partial charge on any atom is -0.497 e. The number of ether oxygens (including phenoxy) is 1. The highest BCUT2D eigenvalue weighted by molar-refractivity contribution is 6.46. The number of rotatable bonds is 5. The number of aryl methyl sites for hydroxylation is 1. The van der Waals surface area contributed by atoms with Crippen LogP contribution in [-0.4, -0.2) is 18.9 Å². The molecule has 4 rings (SSSR count). The Morgan fingerprint density at radius 3 is 2.40 bits per heavy atom. The number of amides is 2. The molecule has 0 aromatic heterocycles. The summed E-state index contributed by atoms with van der Waals surface area (Å²) in [5.74, 6) is -0.199. The molecule has 0 spiro atoms. The molecule has 0 bridgehead atoms. The molecule has 0 atom stereocenters. The van der Waals surface area contributed by atoms with Gasteiger partial charge in [-0.1, -0.05) is 54.1 Å². The van der Waals surface area contributed by atoms with E-state index in [2.05, 4.69) is 5.32 Å². The Balaban J connectivity index is 1.84. The van der Waals surface area contributed by atoms with Gasteiger partial charge in [-0.2, -0.15) is 0 Å². The molecular weight excluding hydrogens is 400 g/mol. The van der Waals surface area contributed by atoms with Gasteiger partial charge in [-0.3, -0.25) is 9.59 Å². The number of hydrogen-bond donors (Lipinski definition) is 1. The lowest BCUT2D eigenvalue weighted by Gasteiger charge is -2.18. The zero-order valence-electron chi connectivity index (χ0n) is 16.5. The van der Waals surface area contributed by atoms with Crippen LogP contribution >= 0.6 is 11.6 Å². The summed E-state index contributed by atoms with van der Waals surface area (Å²) in [6.07, 6.45) is 0. The van der Waals surface area contributed by atoms with Crippen LogP contribution in [-0.2, 0) is 9.59 Å². The quantitative estimate of drug-likeness (QED) is 0.589. The standard InChI is InChI=1S/C24H19ClN2O3/c1-15-11-12-17(25)13-20(15)27-23(28)21(16-7-4-3-5-8-16)22(24(27)29)26-18-9-6-10-19(14-18)30-2/h3-14,26H,1-2H3. The van der Waals surface area contributed by atoms with E-state index in [1.165, 1.54) is 4.90 Å². The van der Waals surface area contributed by atoms with Gasteiger partial charge in [0, 0.05) is 16.8 Å². The van der Waals surface area contributed by atoms with Gasteiger partial charge in [0.25, 0.3) is 11.8 Å². The van der Waals surface area contributed by atoms with Gasteiger partial charge in [0.15, 0.2) is 0 Å². The van der Waals surface area contributed by atoms with Gasteiger partial charge in [0.05, 0.1) is 18.4 Å². The molecule has 0 fully saturated rings. The van der Waals surface area contributed by atoms with Gasteiger partial charge in [-0.15, -0.1) is 0 Å². The highest BCUT2D eigenvalue weighted by Gasteiger charge is 2.40. The van der Waals surface area contributed by atoms with Gasteiger partial charge >= 0.3 is 0 Å². The molecule has 0 saturated heterocycles. The first kappa shape index (κ1) is 19.7. The molecule has 3 aromatic carbocycles. The maximum absolute atomic E-state index is 13.4. The van der Waals surface area contributed by atoms with Crippen LogP contribution in [0, 0.1) is 6.92 Å². The van der Waals surface area contributed by atoms with Crippen LogP contribution in [0.4, 0.5) is 11.4 Å². The van der Waals surface area contributed by atoms with Gasteiger partial charge in [-0.05, 0) is 42.3 Å². The van der Waals surface area contributed by atoms with E-state index in [0.717, 1.165) is 5.56 Å². The molecule has 0 saturated carbocycles. The lowest BCUT2D eigenvalue weighted by atomic mass is 10.0. The number of carbonyl (C=O) groups is 2. The van der Waals surface area contributed by atoms with Crippen molar-refractivity contribution in [3.05, 3.63) is 94.6 Å². The van der Waals surface area contributed by atoms with E-state index in [1.807, 2.05) is 49.4 Å². The summed E-state index contributed by atoms with van der Waals surface area (Å²) in [5.41, 5.74) is 3.05. The highest BCUT2D eigenvalue weighted by atomic mass is 35.5. The molecule has 0 radical (unpaired) electrons. The van der Waals surface area contributed by atoms with Crippen molar-refractivity contribution >= 4 is 40.4 Å². The van der Waals surface area contributed by atoms with E-state index in [4.69, 9.17) is 16.3 Å². The topological polar surface area (TPSA) is 58.6 Å². The number of halogens is 1. The summed E-state index contributed by atoms with van der Waals surface area (Å²) in [5, 5.41) is 3.58. The Hall–Kier alpha value is -3.57. The molecule has 5 nitrogen and oxygen atoms in total. The average molecular weight is 419 g/mol. The van der Waals surface area contributed by atoms with Crippen LogP contribution in [0.25, 0.3) is 5.57 Å². The zero-order valence-corrected chi connectivity index (χ0v) is 17.2. The second-order valence-electron chi connectivity index (χ2n) is 6.85. The van der Waals surface area contributed by atoms with Crippen molar-refractivity contribution in [3.63, 3.8) is 0 Å². The number of methoxy groups -OCH3 is 1. The highest BCUT2D eigenvalue weighted by Crippen LogP contribution is 2.36. The van der Waals surface area contributed by atoms with Crippen molar-refractivity contribution < 1.29 is 14.3 Å². The van der Waals surface area contributed by atoms with Crippen LogP contribution in [0.5, 0.6) is 5.75 Å². The van der Waals surface area contributed by atoms with Gasteiger partial charge in [0.1, 0.15) is 11.4 Å². The van der Waals surface area contributed by atoms with Gasteiger partial charge in [0.2, 0.25) is 0 Å². The maximum Gasteiger partial charge on any atom is 0.282 e. The lowest BCUT2D eigenvalue weighted by molar-refractivity contribution is -0.120. The number of imide groups is 1. The van der Waals surface area contributed by atoms with Crippen LogP contribution in [0.1, 0.15) is 11.1 Å². The molecule has 1 aliphatic rings. The number of hydrogen-bond acceptors (Lipinski definition) is 4. The SMILES string of the molecule is COc1cccc(NC2=C(c3ccccc3)C(=O)N(c3cc(Cl)ccc3C)C2=O)c1. The van der Waals surface area contributed by atoms with Crippen molar-refractivity contribution in [2.24, 2.45) is 0 Å².